The summed E-state index contributed by atoms with van der Waals surface area (Å²) in [6, 6.07) is 0. The summed E-state index contributed by atoms with van der Waals surface area (Å²) >= 11 is 0. The van der Waals surface area contributed by atoms with E-state index in [1.54, 1.807) is 6.92 Å². The second kappa shape index (κ2) is 4.44. The molecule has 2 atom stereocenters. The highest BCUT2D eigenvalue weighted by Gasteiger charge is 2.42. The molecule has 1 aliphatic rings. The van der Waals surface area contributed by atoms with E-state index >= 15 is 0 Å². The van der Waals surface area contributed by atoms with Crippen LogP contribution in [0.4, 0.5) is 0 Å². The van der Waals surface area contributed by atoms with Gasteiger partial charge < -0.3 is 10.1 Å². The van der Waals surface area contributed by atoms with Crippen LogP contribution < -0.4 is 5.32 Å². The number of hydrogen-bond donors (Lipinski definition) is 1. The van der Waals surface area contributed by atoms with Gasteiger partial charge >= 0.3 is 5.97 Å². The molecule has 1 aliphatic heterocycles. The van der Waals surface area contributed by atoms with Crippen LogP contribution in [0.2, 0.25) is 0 Å². The lowest BCUT2D eigenvalue weighted by Crippen LogP contribution is -2.31. The van der Waals surface area contributed by atoms with E-state index in [9.17, 15) is 9.59 Å². The van der Waals surface area contributed by atoms with Crippen molar-refractivity contribution in [3.8, 4) is 0 Å². The van der Waals surface area contributed by atoms with E-state index in [4.69, 9.17) is 4.74 Å². The highest BCUT2D eigenvalue weighted by Crippen LogP contribution is 2.26. The maximum Gasteiger partial charge on any atom is 0.318 e. The molecule has 4 nitrogen and oxygen atoms in total. The first-order valence-corrected chi connectivity index (χ1v) is 5.02. The zero-order chi connectivity index (χ0) is 10.7. The second-order valence-electron chi connectivity index (χ2n) is 3.88. The fourth-order valence-corrected chi connectivity index (χ4v) is 1.78. The summed E-state index contributed by atoms with van der Waals surface area (Å²) in [7, 11) is 0. The first-order valence-electron chi connectivity index (χ1n) is 5.02. The molecule has 0 radical (unpaired) electrons. The summed E-state index contributed by atoms with van der Waals surface area (Å²) in [6.07, 6.45) is 0. The second-order valence-corrected chi connectivity index (χ2v) is 3.88. The van der Waals surface area contributed by atoms with E-state index in [2.05, 4.69) is 5.32 Å². The van der Waals surface area contributed by atoms with Crippen molar-refractivity contribution in [2.24, 2.45) is 17.8 Å². The summed E-state index contributed by atoms with van der Waals surface area (Å²) in [5.74, 6) is -0.803. The quantitative estimate of drug-likeness (QED) is 0.534. The van der Waals surface area contributed by atoms with Gasteiger partial charge in [-0.2, -0.15) is 0 Å². The first-order chi connectivity index (χ1) is 6.57. The summed E-state index contributed by atoms with van der Waals surface area (Å²) < 4.78 is 4.88. The zero-order valence-electron chi connectivity index (χ0n) is 8.87. The summed E-state index contributed by atoms with van der Waals surface area (Å²) in [6.45, 7) is 6.68. The number of rotatable bonds is 3. The fourth-order valence-electron chi connectivity index (χ4n) is 1.78. The van der Waals surface area contributed by atoms with E-state index < -0.39 is 5.92 Å². The highest BCUT2D eigenvalue weighted by molar-refractivity contribution is 5.99. The molecule has 1 saturated heterocycles. The van der Waals surface area contributed by atoms with E-state index in [-0.39, 0.29) is 17.8 Å². The van der Waals surface area contributed by atoms with Crippen molar-refractivity contribution in [2.75, 3.05) is 13.2 Å². The number of esters is 1. The summed E-state index contributed by atoms with van der Waals surface area (Å²) in [5, 5.41) is 2.70. The molecule has 4 heteroatoms. The highest BCUT2D eigenvalue weighted by atomic mass is 16.5. The molecule has 0 aromatic carbocycles. The van der Waals surface area contributed by atoms with Crippen molar-refractivity contribution in [2.45, 2.75) is 20.8 Å². The smallest absolute Gasteiger partial charge is 0.318 e. The first kappa shape index (κ1) is 11.0. The molecule has 0 aliphatic carbocycles. The van der Waals surface area contributed by atoms with Crippen LogP contribution in [0.25, 0.3) is 0 Å². The molecule has 1 amide bonds. The third kappa shape index (κ3) is 2.05. The lowest BCUT2D eigenvalue weighted by Gasteiger charge is -2.18. The van der Waals surface area contributed by atoms with Crippen molar-refractivity contribution < 1.29 is 14.3 Å². The molecule has 0 spiro atoms. The van der Waals surface area contributed by atoms with Crippen LogP contribution >= 0.6 is 0 Å². The van der Waals surface area contributed by atoms with Gasteiger partial charge in [0.1, 0.15) is 5.92 Å². The van der Waals surface area contributed by atoms with Crippen molar-refractivity contribution in [3.05, 3.63) is 0 Å². The van der Waals surface area contributed by atoms with E-state index in [0.29, 0.717) is 19.1 Å². The predicted octanol–water partition coefficient (Wildman–Crippen LogP) is 0.568. The number of amides is 1. The summed E-state index contributed by atoms with van der Waals surface area (Å²) in [4.78, 5) is 22.9. The van der Waals surface area contributed by atoms with Crippen molar-refractivity contribution in [1.82, 2.24) is 5.32 Å². The SMILES string of the molecule is CCOC(=O)C1C(=O)NCC1C(C)C. The van der Waals surface area contributed by atoms with Crippen molar-refractivity contribution in [3.63, 3.8) is 0 Å². The predicted molar refractivity (Wildman–Crippen MR) is 51.5 cm³/mol. The molecule has 0 saturated carbocycles. The molecular weight excluding hydrogens is 182 g/mol. The maximum absolute atomic E-state index is 11.5. The number of carbonyl (C=O) groups excluding carboxylic acids is 2. The normalized spacial score (nSPS) is 26.4. The minimum absolute atomic E-state index is 0.0709. The molecule has 1 rings (SSSR count). The Morgan fingerprint density at radius 1 is 1.64 bits per heavy atom. The lowest BCUT2D eigenvalue weighted by atomic mass is 9.86. The zero-order valence-corrected chi connectivity index (χ0v) is 8.87. The minimum Gasteiger partial charge on any atom is -0.465 e. The van der Waals surface area contributed by atoms with Crippen LogP contribution in [0, 0.1) is 17.8 Å². The van der Waals surface area contributed by atoms with Gasteiger partial charge in [0.25, 0.3) is 0 Å². The Morgan fingerprint density at radius 3 is 2.79 bits per heavy atom. The van der Waals surface area contributed by atoms with Gasteiger partial charge in [0.2, 0.25) is 5.91 Å². The average molecular weight is 199 g/mol. The molecule has 0 aromatic heterocycles. The number of hydrogen-bond acceptors (Lipinski definition) is 3. The number of nitrogens with one attached hydrogen (secondary N) is 1. The molecule has 14 heavy (non-hydrogen) atoms. The third-order valence-electron chi connectivity index (χ3n) is 2.62. The monoisotopic (exact) mass is 199 g/mol. The van der Waals surface area contributed by atoms with Crippen LogP contribution in [0.5, 0.6) is 0 Å². The third-order valence-corrected chi connectivity index (χ3v) is 2.62. The Balaban J connectivity index is 2.71. The average Bonchev–Trinajstić information content (AvgIpc) is 2.47. The van der Waals surface area contributed by atoms with Gasteiger partial charge in [-0.25, -0.2) is 0 Å². The van der Waals surface area contributed by atoms with Crippen LogP contribution in [-0.2, 0) is 14.3 Å². The van der Waals surface area contributed by atoms with E-state index in [0.717, 1.165) is 0 Å². The fraction of sp³-hybridized carbons (Fsp3) is 0.800. The molecule has 1 heterocycles. The molecule has 1 fully saturated rings. The van der Waals surface area contributed by atoms with E-state index in [1.165, 1.54) is 0 Å². The Kier molecular flexibility index (Phi) is 3.49. The van der Waals surface area contributed by atoms with Gasteiger partial charge in [0.05, 0.1) is 6.61 Å². The molecule has 1 N–H and O–H groups in total. The van der Waals surface area contributed by atoms with Gasteiger partial charge in [-0.15, -0.1) is 0 Å². The van der Waals surface area contributed by atoms with Crippen LogP contribution in [0.15, 0.2) is 0 Å². The van der Waals surface area contributed by atoms with Crippen molar-refractivity contribution >= 4 is 11.9 Å². The van der Waals surface area contributed by atoms with E-state index in [1.807, 2.05) is 13.8 Å². The van der Waals surface area contributed by atoms with Gasteiger partial charge in [-0.05, 0) is 12.8 Å². The van der Waals surface area contributed by atoms with Crippen LogP contribution in [0.1, 0.15) is 20.8 Å². The Morgan fingerprint density at radius 2 is 2.29 bits per heavy atom. The Labute approximate surface area is 84.0 Å². The molecular formula is C10H17NO3. The maximum atomic E-state index is 11.5. The Bertz CT molecular complexity index is 238. The van der Waals surface area contributed by atoms with Gasteiger partial charge in [-0.3, -0.25) is 9.59 Å². The van der Waals surface area contributed by atoms with Gasteiger partial charge in [0.15, 0.2) is 0 Å². The minimum atomic E-state index is -0.602. The largest absolute Gasteiger partial charge is 0.465 e. The molecule has 0 aromatic rings. The number of ether oxygens (including phenoxy) is 1. The molecule has 2 unspecified atom stereocenters. The van der Waals surface area contributed by atoms with Gasteiger partial charge in [-0.1, -0.05) is 13.8 Å². The number of carbonyl (C=O) groups is 2. The standard InChI is InChI=1S/C10H17NO3/c1-4-14-10(13)8-7(6(2)3)5-11-9(8)12/h6-8H,4-5H2,1-3H3,(H,11,12). The lowest BCUT2D eigenvalue weighted by molar-refractivity contribution is -0.152. The Hall–Kier alpha value is -1.06. The summed E-state index contributed by atoms with van der Waals surface area (Å²) in [5.41, 5.74) is 0. The van der Waals surface area contributed by atoms with Crippen LogP contribution in [-0.4, -0.2) is 25.0 Å². The molecule has 80 valence electrons. The van der Waals surface area contributed by atoms with Crippen LogP contribution in [0.3, 0.4) is 0 Å². The van der Waals surface area contributed by atoms with Crippen molar-refractivity contribution in [1.29, 1.82) is 0 Å². The molecule has 0 bridgehead atoms. The topological polar surface area (TPSA) is 55.4 Å². The van der Waals surface area contributed by atoms with Gasteiger partial charge in [0, 0.05) is 12.5 Å².